The van der Waals surface area contributed by atoms with Crippen LogP contribution in [0.3, 0.4) is 0 Å². The molecule has 0 unspecified atom stereocenters. The van der Waals surface area contributed by atoms with E-state index >= 15 is 0 Å². The van der Waals surface area contributed by atoms with Crippen LogP contribution in [-0.4, -0.2) is 26.9 Å². The molecule has 4 heteroatoms. The van der Waals surface area contributed by atoms with Crippen molar-refractivity contribution < 1.29 is 13.9 Å². The van der Waals surface area contributed by atoms with Gasteiger partial charge in [0.2, 0.25) is 0 Å². The Hall–Kier alpha value is -0.840. The first-order valence-corrected chi connectivity index (χ1v) is 6.10. The molecule has 1 heterocycles. The molecule has 0 saturated heterocycles. The van der Waals surface area contributed by atoms with Gasteiger partial charge in [0.05, 0.1) is 19.8 Å². The van der Waals surface area contributed by atoms with Crippen molar-refractivity contribution in [2.24, 2.45) is 5.92 Å². The highest BCUT2D eigenvalue weighted by atomic mass is 16.5. The van der Waals surface area contributed by atoms with Crippen LogP contribution in [0.5, 0.6) is 0 Å². The molecule has 1 aromatic rings. The molecule has 0 fully saturated rings. The van der Waals surface area contributed by atoms with Gasteiger partial charge in [0, 0.05) is 6.61 Å². The molecule has 1 aromatic heterocycles. The van der Waals surface area contributed by atoms with Crippen molar-refractivity contribution in [1.82, 2.24) is 5.32 Å². The number of ether oxygens (including phenoxy) is 2. The molecule has 0 aromatic carbocycles. The Labute approximate surface area is 103 Å². The molecule has 0 aliphatic carbocycles. The minimum atomic E-state index is 0.509. The van der Waals surface area contributed by atoms with Gasteiger partial charge in [-0.25, -0.2) is 0 Å². The first-order chi connectivity index (χ1) is 8.22. The largest absolute Gasteiger partial charge is 0.462 e. The Kier molecular flexibility index (Phi) is 6.93. The average Bonchev–Trinajstić information content (AvgIpc) is 2.71. The molecular formula is C13H23NO3. The number of furan rings is 1. The summed E-state index contributed by atoms with van der Waals surface area (Å²) in [6.45, 7) is 7.56. The maximum atomic E-state index is 5.54. The second-order valence-electron chi connectivity index (χ2n) is 4.42. The lowest BCUT2D eigenvalue weighted by atomic mass is 10.2. The van der Waals surface area contributed by atoms with E-state index in [9.17, 15) is 0 Å². The van der Waals surface area contributed by atoms with Crippen LogP contribution in [0.25, 0.3) is 0 Å². The summed E-state index contributed by atoms with van der Waals surface area (Å²) in [6.07, 6.45) is 0. The van der Waals surface area contributed by atoms with Gasteiger partial charge in [-0.15, -0.1) is 0 Å². The van der Waals surface area contributed by atoms with Crippen molar-refractivity contribution in [2.75, 3.05) is 26.9 Å². The number of rotatable bonds is 9. The normalized spacial score (nSPS) is 11.3. The van der Waals surface area contributed by atoms with Crippen molar-refractivity contribution in [3.63, 3.8) is 0 Å². The molecule has 0 atom stereocenters. The molecule has 1 N–H and O–H groups in total. The van der Waals surface area contributed by atoms with Gasteiger partial charge < -0.3 is 19.2 Å². The molecule has 0 amide bonds. The van der Waals surface area contributed by atoms with E-state index in [-0.39, 0.29) is 0 Å². The van der Waals surface area contributed by atoms with Gasteiger partial charge in [-0.3, -0.25) is 0 Å². The number of hydrogen-bond donors (Lipinski definition) is 1. The van der Waals surface area contributed by atoms with Crippen LogP contribution in [0, 0.1) is 5.92 Å². The summed E-state index contributed by atoms with van der Waals surface area (Å²) in [5, 5.41) is 3.04. The standard InChI is InChI=1S/C13H23NO3/c1-11(2)9-15-6-7-16-10-13-5-4-12(17-13)8-14-3/h4-5,11,14H,6-10H2,1-3H3. The van der Waals surface area contributed by atoms with Gasteiger partial charge >= 0.3 is 0 Å². The zero-order valence-electron chi connectivity index (χ0n) is 11.0. The van der Waals surface area contributed by atoms with Crippen LogP contribution >= 0.6 is 0 Å². The van der Waals surface area contributed by atoms with Crippen molar-refractivity contribution in [3.8, 4) is 0 Å². The summed E-state index contributed by atoms with van der Waals surface area (Å²) in [6, 6.07) is 3.91. The van der Waals surface area contributed by atoms with Crippen molar-refractivity contribution in [3.05, 3.63) is 23.7 Å². The molecule has 0 bridgehead atoms. The van der Waals surface area contributed by atoms with E-state index < -0.39 is 0 Å². The molecule has 98 valence electrons. The van der Waals surface area contributed by atoms with Gasteiger partial charge in [-0.2, -0.15) is 0 Å². The van der Waals surface area contributed by atoms with E-state index in [2.05, 4.69) is 19.2 Å². The summed E-state index contributed by atoms with van der Waals surface area (Å²) < 4.78 is 16.4. The SMILES string of the molecule is CNCc1ccc(COCCOCC(C)C)o1. The Morgan fingerprint density at radius 2 is 1.88 bits per heavy atom. The van der Waals surface area contributed by atoms with Gasteiger partial charge in [0.1, 0.15) is 18.1 Å². The van der Waals surface area contributed by atoms with E-state index in [1.54, 1.807) is 0 Å². The van der Waals surface area contributed by atoms with Gasteiger partial charge in [0.15, 0.2) is 0 Å². The monoisotopic (exact) mass is 241 g/mol. The van der Waals surface area contributed by atoms with Gasteiger partial charge in [-0.05, 0) is 25.1 Å². The third-order valence-electron chi connectivity index (χ3n) is 2.14. The summed E-state index contributed by atoms with van der Waals surface area (Å²) in [5.74, 6) is 2.37. The zero-order valence-corrected chi connectivity index (χ0v) is 11.0. The predicted molar refractivity (Wildman–Crippen MR) is 66.8 cm³/mol. The average molecular weight is 241 g/mol. The van der Waals surface area contributed by atoms with Crippen molar-refractivity contribution >= 4 is 0 Å². The van der Waals surface area contributed by atoms with E-state index in [1.807, 2.05) is 19.2 Å². The Bertz CT molecular complexity index is 297. The zero-order chi connectivity index (χ0) is 12.5. The highest BCUT2D eigenvalue weighted by molar-refractivity contribution is 5.06. The molecule has 17 heavy (non-hydrogen) atoms. The highest BCUT2D eigenvalue weighted by Gasteiger charge is 2.01. The smallest absolute Gasteiger partial charge is 0.129 e. The van der Waals surface area contributed by atoms with E-state index in [4.69, 9.17) is 13.9 Å². The molecule has 0 spiro atoms. The van der Waals surface area contributed by atoms with Gasteiger partial charge in [-0.1, -0.05) is 13.8 Å². The fourth-order valence-electron chi connectivity index (χ4n) is 1.38. The maximum Gasteiger partial charge on any atom is 0.129 e. The van der Waals surface area contributed by atoms with Gasteiger partial charge in [0.25, 0.3) is 0 Å². The molecule has 1 rings (SSSR count). The second kappa shape index (κ2) is 8.28. The maximum absolute atomic E-state index is 5.54. The number of hydrogen-bond acceptors (Lipinski definition) is 4. The van der Waals surface area contributed by atoms with E-state index in [0.29, 0.717) is 25.7 Å². The van der Waals surface area contributed by atoms with E-state index in [0.717, 1.165) is 24.7 Å². The lowest BCUT2D eigenvalue weighted by Crippen LogP contribution is -2.08. The topological polar surface area (TPSA) is 43.6 Å². The molecule has 0 saturated carbocycles. The first-order valence-electron chi connectivity index (χ1n) is 6.10. The van der Waals surface area contributed by atoms with Crippen LogP contribution in [0.2, 0.25) is 0 Å². The molecule has 0 aliphatic rings. The minimum absolute atomic E-state index is 0.509. The summed E-state index contributed by atoms with van der Waals surface area (Å²) in [7, 11) is 1.89. The van der Waals surface area contributed by atoms with Crippen molar-refractivity contribution in [1.29, 1.82) is 0 Å². The summed E-state index contributed by atoms with van der Waals surface area (Å²) >= 11 is 0. The summed E-state index contributed by atoms with van der Waals surface area (Å²) in [5.41, 5.74) is 0. The quantitative estimate of drug-likeness (QED) is 0.673. The molecule has 4 nitrogen and oxygen atoms in total. The second-order valence-corrected chi connectivity index (χ2v) is 4.42. The summed E-state index contributed by atoms with van der Waals surface area (Å²) in [4.78, 5) is 0. The molecule has 0 aliphatic heterocycles. The van der Waals surface area contributed by atoms with Crippen LogP contribution < -0.4 is 5.32 Å². The van der Waals surface area contributed by atoms with Crippen LogP contribution in [0.15, 0.2) is 16.5 Å². The lowest BCUT2D eigenvalue weighted by Gasteiger charge is -2.06. The first kappa shape index (κ1) is 14.2. The third-order valence-corrected chi connectivity index (χ3v) is 2.14. The molecular weight excluding hydrogens is 218 g/mol. The van der Waals surface area contributed by atoms with E-state index in [1.165, 1.54) is 0 Å². The molecule has 0 radical (unpaired) electrons. The van der Waals surface area contributed by atoms with Crippen LogP contribution in [0.4, 0.5) is 0 Å². The van der Waals surface area contributed by atoms with Crippen LogP contribution in [0.1, 0.15) is 25.4 Å². The highest BCUT2D eigenvalue weighted by Crippen LogP contribution is 2.08. The Morgan fingerprint density at radius 1 is 1.18 bits per heavy atom. The fraction of sp³-hybridized carbons (Fsp3) is 0.692. The Balaban J connectivity index is 2.05. The van der Waals surface area contributed by atoms with Crippen molar-refractivity contribution in [2.45, 2.75) is 27.0 Å². The Morgan fingerprint density at radius 3 is 2.59 bits per heavy atom. The third kappa shape index (κ3) is 6.46. The predicted octanol–water partition coefficient (Wildman–Crippen LogP) is 2.19. The fourth-order valence-corrected chi connectivity index (χ4v) is 1.38. The van der Waals surface area contributed by atoms with Crippen LogP contribution in [-0.2, 0) is 22.6 Å². The lowest BCUT2D eigenvalue weighted by molar-refractivity contribution is 0.0261. The minimum Gasteiger partial charge on any atom is -0.462 e. The number of nitrogens with one attached hydrogen (secondary N) is 1.